The Labute approximate surface area is 194 Å². The van der Waals surface area contributed by atoms with Gasteiger partial charge in [0, 0.05) is 28.5 Å². The average Bonchev–Trinajstić information content (AvgIpc) is 2.81. The Balaban J connectivity index is 1.42. The van der Waals surface area contributed by atoms with E-state index in [-0.39, 0.29) is 11.7 Å². The first kappa shape index (κ1) is 23.4. The van der Waals surface area contributed by atoms with Gasteiger partial charge in [-0.05, 0) is 105 Å². The number of pyridine rings is 1. The Morgan fingerprint density at radius 2 is 1.82 bits per heavy atom. The minimum Gasteiger partial charge on any atom is -0.409 e. The molecule has 0 saturated heterocycles. The van der Waals surface area contributed by atoms with Crippen LogP contribution in [0.15, 0.2) is 59.9 Å². The Kier molecular flexibility index (Phi) is 6.85. The fraction of sp³-hybridized carbons (Fsp3) is 0.385. The molecule has 5 nitrogen and oxygen atoms in total. The summed E-state index contributed by atoms with van der Waals surface area (Å²) < 4.78 is 26.1. The van der Waals surface area contributed by atoms with Crippen LogP contribution in [0.1, 0.15) is 44.1 Å². The lowest BCUT2D eigenvalue weighted by atomic mass is 9.73. The molecule has 1 aromatic heterocycles. The van der Waals surface area contributed by atoms with Crippen LogP contribution in [-0.4, -0.2) is 29.4 Å². The van der Waals surface area contributed by atoms with Gasteiger partial charge >= 0.3 is 0 Å². The maximum atomic E-state index is 13.9. The molecule has 3 aromatic rings. The maximum Gasteiger partial charge on any atom is 0.149 e. The van der Waals surface area contributed by atoms with E-state index in [4.69, 9.17) is 0 Å². The number of fused-ring (bicyclic) bond motifs is 1. The number of nitrogens with zero attached hydrogens (tertiary/aromatic N) is 2. The molecule has 7 heteroatoms. The minimum atomic E-state index is -2.30. The van der Waals surface area contributed by atoms with Gasteiger partial charge in [0.25, 0.3) is 0 Å². The molecule has 0 aliphatic heterocycles. The molecule has 2 aromatic carbocycles. The summed E-state index contributed by atoms with van der Waals surface area (Å²) >= 11 is 0. The number of rotatable bonds is 5. The van der Waals surface area contributed by atoms with Crippen molar-refractivity contribution in [2.24, 2.45) is 17.0 Å². The zero-order valence-electron chi connectivity index (χ0n) is 19.3. The molecule has 1 saturated carbocycles. The summed E-state index contributed by atoms with van der Waals surface area (Å²) in [6.45, 7) is 5.59. The van der Waals surface area contributed by atoms with E-state index in [0.29, 0.717) is 17.7 Å². The number of anilines is 1. The van der Waals surface area contributed by atoms with E-state index < -0.39 is 7.14 Å². The highest BCUT2D eigenvalue weighted by molar-refractivity contribution is 7.70. The normalized spacial score (nSPS) is 20.5. The largest absolute Gasteiger partial charge is 0.409 e. The Morgan fingerprint density at radius 3 is 2.45 bits per heavy atom. The average molecular weight is 468 g/mol. The van der Waals surface area contributed by atoms with Gasteiger partial charge in [0.1, 0.15) is 18.8 Å². The predicted octanol–water partition coefficient (Wildman–Crippen LogP) is 6.43. The quantitative estimate of drug-likeness (QED) is 0.149. The van der Waals surface area contributed by atoms with Crippen LogP contribution in [0.3, 0.4) is 0 Å². The molecule has 33 heavy (non-hydrogen) atoms. The van der Waals surface area contributed by atoms with Crippen LogP contribution in [0.25, 0.3) is 10.9 Å². The first-order valence-corrected chi connectivity index (χ1v) is 14.0. The lowest BCUT2D eigenvalue weighted by molar-refractivity contribution is 0.273. The van der Waals surface area contributed by atoms with Crippen molar-refractivity contribution in [2.75, 3.05) is 18.6 Å². The highest BCUT2D eigenvalue weighted by Crippen LogP contribution is 2.41. The second-order valence-electron chi connectivity index (χ2n) is 9.47. The molecule has 0 unspecified atom stereocenters. The van der Waals surface area contributed by atoms with Crippen LogP contribution in [0.5, 0.6) is 0 Å². The number of benzene rings is 2. The van der Waals surface area contributed by atoms with E-state index in [1.807, 2.05) is 36.5 Å². The molecule has 1 aliphatic rings. The van der Waals surface area contributed by atoms with Gasteiger partial charge in [-0.3, -0.25) is 4.98 Å². The van der Waals surface area contributed by atoms with Gasteiger partial charge in [0.05, 0.1) is 5.52 Å². The molecule has 4 rings (SSSR count). The number of halogens is 1. The van der Waals surface area contributed by atoms with Crippen molar-refractivity contribution >= 4 is 34.9 Å². The molecule has 0 bridgehead atoms. The third-order valence-electron chi connectivity index (χ3n) is 6.96. The predicted molar refractivity (Wildman–Crippen MR) is 134 cm³/mol. The van der Waals surface area contributed by atoms with Crippen molar-refractivity contribution < 1.29 is 14.2 Å². The van der Waals surface area contributed by atoms with Gasteiger partial charge in [-0.25, -0.2) is 4.39 Å². The fourth-order valence-electron chi connectivity index (χ4n) is 4.93. The molecule has 1 fully saturated rings. The monoisotopic (exact) mass is 467 g/mol. The van der Waals surface area contributed by atoms with Gasteiger partial charge in [-0.1, -0.05) is 12.1 Å². The van der Waals surface area contributed by atoms with E-state index in [1.54, 1.807) is 25.5 Å². The summed E-state index contributed by atoms with van der Waals surface area (Å²) in [4.78, 5) is 4.38. The summed E-state index contributed by atoms with van der Waals surface area (Å²) in [7, 11) is -2.30. The lowest BCUT2D eigenvalue weighted by Crippen LogP contribution is -2.30. The van der Waals surface area contributed by atoms with E-state index in [9.17, 15) is 14.2 Å². The Morgan fingerprint density at radius 1 is 1.12 bits per heavy atom. The summed E-state index contributed by atoms with van der Waals surface area (Å²) in [5, 5.41) is 18.2. The molecule has 0 radical (unpaired) electrons. The Bertz CT molecular complexity index is 1200. The van der Waals surface area contributed by atoms with Crippen molar-refractivity contribution in [2.45, 2.75) is 38.5 Å². The van der Waals surface area contributed by atoms with Gasteiger partial charge in [0.15, 0.2) is 0 Å². The van der Waals surface area contributed by atoms with Crippen LogP contribution < -0.4 is 10.6 Å². The molecule has 1 heterocycles. The van der Waals surface area contributed by atoms with Crippen molar-refractivity contribution in [3.8, 4) is 0 Å². The number of hydrogen-bond acceptors (Lipinski definition) is 4. The molecule has 174 valence electrons. The van der Waals surface area contributed by atoms with Crippen LogP contribution in [0.4, 0.5) is 10.1 Å². The molecule has 2 N–H and O–H groups in total. The van der Waals surface area contributed by atoms with E-state index in [0.717, 1.165) is 47.6 Å². The third kappa shape index (κ3) is 5.27. The van der Waals surface area contributed by atoms with Crippen LogP contribution >= 0.6 is 7.14 Å². The van der Waals surface area contributed by atoms with Crippen molar-refractivity contribution in [1.29, 1.82) is 0 Å². The van der Waals surface area contributed by atoms with Crippen LogP contribution in [0.2, 0.25) is 0 Å². The van der Waals surface area contributed by atoms with Crippen molar-refractivity contribution in [3.63, 3.8) is 0 Å². The van der Waals surface area contributed by atoms with Crippen molar-refractivity contribution in [3.05, 3.63) is 66.1 Å². The standard InChI is InChI=1S/C26H31FN3O2P/c1-17(26(30-31)29-21-9-11-22(12-10-21)33(2,3)32)18-4-6-19(7-5-18)23-14-15-28-25-13-8-20(27)16-24(23)25/h8-19,31H,4-7H2,1-3H3,(H,29,30)/t17-,18-,19-/m0/s1. The molecule has 0 amide bonds. The smallest absolute Gasteiger partial charge is 0.149 e. The number of amidine groups is 1. The van der Waals surface area contributed by atoms with E-state index in [2.05, 4.69) is 22.4 Å². The van der Waals surface area contributed by atoms with Gasteiger partial charge in [-0.15, -0.1) is 0 Å². The molecule has 0 spiro atoms. The Hall–Kier alpha value is -2.72. The fourth-order valence-corrected chi connectivity index (χ4v) is 5.80. The van der Waals surface area contributed by atoms with Gasteiger partial charge < -0.3 is 15.1 Å². The molecular weight excluding hydrogens is 436 g/mol. The first-order valence-electron chi connectivity index (χ1n) is 11.4. The number of oxime groups is 1. The SMILES string of the molecule is C[C@H](/C(=N/O)Nc1ccc(P(C)(C)=O)cc1)[C@H]1CC[C@H](c2ccnc3ccc(F)cc32)CC1. The molecule has 1 atom stereocenters. The zero-order valence-corrected chi connectivity index (χ0v) is 20.2. The zero-order chi connectivity index (χ0) is 23.6. The van der Waals surface area contributed by atoms with Crippen molar-refractivity contribution in [1.82, 2.24) is 4.98 Å². The second-order valence-corrected chi connectivity index (χ2v) is 12.7. The van der Waals surface area contributed by atoms with Crippen LogP contribution in [-0.2, 0) is 4.57 Å². The molecular formula is C26H31FN3O2P. The first-order chi connectivity index (χ1) is 15.8. The summed E-state index contributed by atoms with van der Waals surface area (Å²) in [6, 6.07) is 14.3. The number of aromatic nitrogens is 1. The topological polar surface area (TPSA) is 74.6 Å². The van der Waals surface area contributed by atoms with Gasteiger partial charge in [0.2, 0.25) is 0 Å². The summed E-state index contributed by atoms with van der Waals surface area (Å²) in [5.74, 6) is 1.12. The van der Waals surface area contributed by atoms with Gasteiger partial charge in [-0.2, -0.15) is 0 Å². The highest BCUT2D eigenvalue weighted by Gasteiger charge is 2.30. The maximum absolute atomic E-state index is 13.9. The highest BCUT2D eigenvalue weighted by atomic mass is 31.2. The number of nitrogens with one attached hydrogen (secondary N) is 1. The van der Waals surface area contributed by atoms with E-state index in [1.165, 1.54) is 11.6 Å². The van der Waals surface area contributed by atoms with Crippen LogP contribution in [0, 0.1) is 17.7 Å². The summed E-state index contributed by atoms with van der Waals surface area (Å²) in [6.07, 6.45) is 5.81. The second kappa shape index (κ2) is 9.64. The molecule has 1 aliphatic carbocycles. The lowest BCUT2D eigenvalue weighted by Gasteiger charge is -2.33. The van der Waals surface area contributed by atoms with E-state index >= 15 is 0 Å². The third-order valence-corrected chi connectivity index (χ3v) is 8.50. The summed E-state index contributed by atoms with van der Waals surface area (Å²) in [5.41, 5.74) is 2.81. The number of hydrogen-bond donors (Lipinski definition) is 2. The minimum absolute atomic E-state index is 0.0608.